The van der Waals surface area contributed by atoms with Crippen LogP contribution in [0.1, 0.15) is 48.5 Å². The molecule has 3 fully saturated rings. The highest BCUT2D eigenvalue weighted by Crippen LogP contribution is 2.46. The highest BCUT2D eigenvalue weighted by atomic mass is 35.5. The molecule has 182 valence electrons. The van der Waals surface area contributed by atoms with Gasteiger partial charge < -0.3 is 18.9 Å². The zero-order chi connectivity index (χ0) is 23.9. The van der Waals surface area contributed by atoms with Crippen molar-refractivity contribution >= 4 is 17.7 Å². The number of fused-ring (bicyclic) bond motifs is 2. The summed E-state index contributed by atoms with van der Waals surface area (Å²) >= 11 is 6.32. The third-order valence-electron chi connectivity index (χ3n) is 7.32. The smallest absolute Gasteiger partial charge is 0.410 e. The lowest BCUT2D eigenvalue weighted by atomic mass is 10.0. The number of piperidine rings is 1. The van der Waals surface area contributed by atoms with Gasteiger partial charge >= 0.3 is 6.09 Å². The summed E-state index contributed by atoms with van der Waals surface area (Å²) in [6, 6.07) is 14.4. The maximum absolute atomic E-state index is 14.6. The SMILES string of the molecule is O=C(OCc1ccccc1)N1C[C@@H]2C[C@H]1C[C@H]2OCc1c(-c2c(F)cccc2Cl)noc1C1CC1. The number of carbonyl (C=O) groups is 1. The van der Waals surface area contributed by atoms with E-state index in [4.69, 9.17) is 25.6 Å². The second-order valence-corrected chi connectivity index (χ2v) is 10.1. The Kier molecular flexibility index (Phi) is 5.98. The van der Waals surface area contributed by atoms with Gasteiger partial charge in [-0.15, -0.1) is 0 Å². The van der Waals surface area contributed by atoms with E-state index in [-0.39, 0.29) is 42.9 Å². The van der Waals surface area contributed by atoms with Crippen molar-refractivity contribution in [1.82, 2.24) is 10.1 Å². The number of rotatable bonds is 7. The van der Waals surface area contributed by atoms with Gasteiger partial charge in [-0.3, -0.25) is 0 Å². The zero-order valence-electron chi connectivity index (χ0n) is 19.2. The Hall–Kier alpha value is -2.90. The van der Waals surface area contributed by atoms with Crippen molar-refractivity contribution in [2.75, 3.05) is 6.54 Å². The fourth-order valence-electron chi connectivity index (χ4n) is 5.37. The predicted molar refractivity (Wildman–Crippen MR) is 127 cm³/mol. The quantitative estimate of drug-likeness (QED) is 0.382. The van der Waals surface area contributed by atoms with Gasteiger partial charge in [-0.1, -0.05) is 53.2 Å². The second kappa shape index (κ2) is 9.28. The summed E-state index contributed by atoms with van der Waals surface area (Å²) in [4.78, 5) is 14.5. The van der Waals surface area contributed by atoms with Gasteiger partial charge in [-0.05, 0) is 43.4 Å². The van der Waals surface area contributed by atoms with Crippen LogP contribution in [0.3, 0.4) is 0 Å². The van der Waals surface area contributed by atoms with Crippen LogP contribution in [0.2, 0.25) is 5.02 Å². The van der Waals surface area contributed by atoms with Crippen LogP contribution in [0.15, 0.2) is 53.1 Å². The molecule has 1 aromatic heterocycles. The summed E-state index contributed by atoms with van der Waals surface area (Å²) in [6.45, 7) is 1.17. The number of ether oxygens (including phenoxy) is 2. The summed E-state index contributed by atoms with van der Waals surface area (Å²) in [5.74, 6) is 0.886. The Balaban J connectivity index is 1.11. The van der Waals surface area contributed by atoms with Crippen molar-refractivity contribution in [1.29, 1.82) is 0 Å². The molecule has 3 atom stereocenters. The average molecular weight is 497 g/mol. The van der Waals surface area contributed by atoms with Crippen LogP contribution < -0.4 is 0 Å². The fraction of sp³-hybridized carbons (Fsp3) is 0.407. The number of benzene rings is 2. The number of likely N-dealkylation sites (tertiary alicyclic amines) is 1. The summed E-state index contributed by atoms with van der Waals surface area (Å²) in [6.07, 6.45) is 3.46. The number of aromatic nitrogens is 1. The van der Waals surface area contributed by atoms with Crippen LogP contribution in [0, 0.1) is 11.7 Å². The highest BCUT2D eigenvalue weighted by Gasteiger charge is 2.48. The second-order valence-electron chi connectivity index (χ2n) is 9.67. The van der Waals surface area contributed by atoms with Crippen LogP contribution in [0.4, 0.5) is 9.18 Å². The molecule has 0 N–H and O–H groups in total. The van der Waals surface area contributed by atoms with Crippen LogP contribution >= 0.6 is 11.6 Å². The van der Waals surface area contributed by atoms with Gasteiger partial charge in [-0.25, -0.2) is 9.18 Å². The lowest BCUT2D eigenvalue weighted by Crippen LogP contribution is -2.42. The normalized spacial score (nSPS) is 23.1. The van der Waals surface area contributed by atoms with Gasteiger partial charge in [0.05, 0.1) is 23.3 Å². The van der Waals surface area contributed by atoms with Gasteiger partial charge in [0.15, 0.2) is 0 Å². The van der Waals surface area contributed by atoms with Gasteiger partial charge in [0.25, 0.3) is 0 Å². The lowest BCUT2D eigenvalue weighted by molar-refractivity contribution is -0.0114. The predicted octanol–water partition coefficient (Wildman–Crippen LogP) is 6.33. The summed E-state index contributed by atoms with van der Waals surface area (Å²) in [5.41, 5.74) is 2.42. The Bertz CT molecular complexity index is 1210. The van der Waals surface area contributed by atoms with E-state index < -0.39 is 5.82 Å². The van der Waals surface area contributed by atoms with E-state index in [1.165, 1.54) is 6.07 Å². The van der Waals surface area contributed by atoms with Crippen LogP contribution in [-0.2, 0) is 22.7 Å². The molecule has 3 aromatic rings. The minimum absolute atomic E-state index is 0.0177. The Morgan fingerprint density at radius 1 is 1.11 bits per heavy atom. The van der Waals surface area contributed by atoms with Crippen molar-refractivity contribution in [3.63, 3.8) is 0 Å². The fourth-order valence-corrected chi connectivity index (χ4v) is 5.63. The molecule has 1 saturated heterocycles. The largest absolute Gasteiger partial charge is 0.445 e. The topological polar surface area (TPSA) is 64.8 Å². The van der Waals surface area contributed by atoms with Gasteiger partial charge in [-0.2, -0.15) is 0 Å². The summed E-state index contributed by atoms with van der Waals surface area (Å²) in [7, 11) is 0. The molecule has 6 nitrogen and oxygen atoms in total. The molecule has 2 aromatic carbocycles. The van der Waals surface area contributed by atoms with E-state index in [0.717, 1.165) is 42.6 Å². The van der Waals surface area contributed by atoms with E-state index in [1.54, 1.807) is 12.1 Å². The van der Waals surface area contributed by atoms with Crippen molar-refractivity contribution < 1.29 is 23.2 Å². The number of amides is 1. The first-order chi connectivity index (χ1) is 17.1. The molecule has 1 aliphatic heterocycles. The van der Waals surface area contributed by atoms with E-state index in [9.17, 15) is 9.18 Å². The molecular formula is C27H26ClFN2O4. The number of hydrogen-bond acceptors (Lipinski definition) is 5. The first-order valence-electron chi connectivity index (χ1n) is 12.1. The average Bonchev–Trinajstić information content (AvgIpc) is 3.31. The third-order valence-corrected chi connectivity index (χ3v) is 7.64. The Morgan fingerprint density at radius 2 is 1.94 bits per heavy atom. The molecule has 1 amide bonds. The summed E-state index contributed by atoms with van der Waals surface area (Å²) < 4.78 is 32.2. The molecule has 0 spiro atoms. The van der Waals surface area contributed by atoms with Gasteiger partial charge in [0.1, 0.15) is 23.9 Å². The van der Waals surface area contributed by atoms with Crippen LogP contribution in [0.25, 0.3) is 11.3 Å². The van der Waals surface area contributed by atoms with Crippen molar-refractivity contribution in [2.45, 2.75) is 57.0 Å². The molecule has 2 bridgehead atoms. The lowest BCUT2D eigenvalue weighted by Gasteiger charge is -2.31. The number of carbonyl (C=O) groups excluding carboxylic acids is 1. The molecule has 35 heavy (non-hydrogen) atoms. The third kappa shape index (κ3) is 4.43. The number of hydrogen-bond donors (Lipinski definition) is 0. The van der Waals surface area contributed by atoms with E-state index in [0.29, 0.717) is 23.2 Å². The minimum atomic E-state index is -0.432. The van der Waals surface area contributed by atoms with Gasteiger partial charge in [0, 0.05) is 30.0 Å². The molecule has 6 rings (SSSR count). The minimum Gasteiger partial charge on any atom is -0.445 e. The highest BCUT2D eigenvalue weighted by molar-refractivity contribution is 6.33. The zero-order valence-corrected chi connectivity index (χ0v) is 19.9. The summed E-state index contributed by atoms with van der Waals surface area (Å²) in [5, 5.41) is 4.49. The number of nitrogens with zero attached hydrogens (tertiary/aromatic N) is 2. The van der Waals surface area contributed by atoms with E-state index >= 15 is 0 Å². The van der Waals surface area contributed by atoms with Crippen LogP contribution in [0.5, 0.6) is 0 Å². The molecule has 0 unspecified atom stereocenters. The first kappa shape index (κ1) is 22.6. The van der Waals surface area contributed by atoms with Crippen molar-refractivity contribution in [2.24, 2.45) is 5.92 Å². The Labute approximate surface area is 207 Å². The standard InChI is InChI=1S/C27H26ClFN2O4/c28-21-7-4-8-22(29)24(21)25-20(26(35-30-25)17-9-10-17)15-33-23-12-19-11-18(23)13-31(19)27(32)34-14-16-5-2-1-3-6-16/h1-8,17-19,23H,9-15H2/t18-,19-,23+/m0/s1. The molecule has 0 radical (unpaired) electrons. The maximum Gasteiger partial charge on any atom is 0.410 e. The molecule has 3 aliphatic rings. The van der Waals surface area contributed by atoms with Crippen LogP contribution in [-0.4, -0.2) is 34.8 Å². The van der Waals surface area contributed by atoms with Crippen molar-refractivity contribution in [3.05, 3.63) is 76.3 Å². The van der Waals surface area contributed by atoms with E-state index in [1.807, 2.05) is 35.2 Å². The molecule has 2 aliphatic carbocycles. The Morgan fingerprint density at radius 3 is 2.66 bits per heavy atom. The molecule has 2 saturated carbocycles. The van der Waals surface area contributed by atoms with Crippen molar-refractivity contribution in [3.8, 4) is 11.3 Å². The monoisotopic (exact) mass is 496 g/mol. The molecule has 2 heterocycles. The van der Waals surface area contributed by atoms with Gasteiger partial charge in [0.2, 0.25) is 0 Å². The van der Waals surface area contributed by atoms with E-state index in [2.05, 4.69) is 5.16 Å². The maximum atomic E-state index is 14.6. The molecule has 8 heteroatoms. The first-order valence-corrected chi connectivity index (χ1v) is 12.5. The molecular weight excluding hydrogens is 471 g/mol. The number of halogens is 2.